The lowest BCUT2D eigenvalue weighted by Crippen LogP contribution is -2.26. The third-order valence-corrected chi connectivity index (χ3v) is 6.81. The molecule has 2 atom stereocenters. The van der Waals surface area contributed by atoms with Crippen molar-refractivity contribution in [3.63, 3.8) is 0 Å². The number of nitrogens with zero attached hydrogens (tertiary/aromatic N) is 3. The van der Waals surface area contributed by atoms with Crippen molar-refractivity contribution < 1.29 is 14.3 Å². The number of hydrogen-bond acceptors (Lipinski definition) is 5. The highest BCUT2D eigenvalue weighted by Gasteiger charge is 2.28. The van der Waals surface area contributed by atoms with Gasteiger partial charge in [-0.2, -0.15) is 0 Å². The molecule has 1 heterocycles. The Hall–Kier alpha value is -1.56. The van der Waals surface area contributed by atoms with Crippen molar-refractivity contribution in [2.24, 2.45) is 22.7 Å². The molecule has 0 radical (unpaired) electrons. The van der Waals surface area contributed by atoms with Crippen LogP contribution in [-0.4, -0.2) is 33.2 Å². The molecule has 1 aromatic rings. The number of Topliss-reactive ketones (excluding diaryl/α,β-unsaturated/α-hetero) is 2. The van der Waals surface area contributed by atoms with Crippen molar-refractivity contribution in [2.45, 2.75) is 126 Å². The highest BCUT2D eigenvalue weighted by molar-refractivity contribution is 5.84. The van der Waals surface area contributed by atoms with E-state index in [1.165, 1.54) is 0 Å². The number of carbonyl (C=O) groups excluding carboxylic acids is 2. The van der Waals surface area contributed by atoms with Crippen LogP contribution in [0, 0.1) is 22.7 Å². The van der Waals surface area contributed by atoms with Crippen molar-refractivity contribution in [1.82, 2.24) is 15.0 Å². The molecule has 0 N–H and O–H groups in total. The number of ether oxygens (including phenoxy) is 1. The Morgan fingerprint density at radius 3 is 2.38 bits per heavy atom. The zero-order valence-corrected chi connectivity index (χ0v) is 23.1. The quantitative estimate of drug-likeness (QED) is 0.341. The van der Waals surface area contributed by atoms with E-state index in [4.69, 9.17) is 4.74 Å². The number of carbonyl (C=O) groups is 2. The second-order valence-corrected chi connectivity index (χ2v) is 12.7. The minimum absolute atomic E-state index is 0.0875. The zero-order valence-electron chi connectivity index (χ0n) is 23.1. The molecule has 0 aliphatic heterocycles. The highest BCUT2D eigenvalue weighted by atomic mass is 16.5. The molecule has 0 amide bonds. The SMILES string of the molecule is CC(C)C(=O)[C@@H](CCCCn1nnc2c1CCCCCC2OCC(=O)C(C)(C)C)CC(C)(C)C. The Balaban J connectivity index is 2.00. The van der Waals surface area contributed by atoms with E-state index < -0.39 is 5.41 Å². The van der Waals surface area contributed by atoms with E-state index in [9.17, 15) is 9.59 Å². The van der Waals surface area contributed by atoms with Gasteiger partial charge in [-0.15, -0.1) is 5.10 Å². The summed E-state index contributed by atoms with van der Waals surface area (Å²) in [4.78, 5) is 25.1. The maximum absolute atomic E-state index is 12.7. The first kappa shape index (κ1) is 28.7. The van der Waals surface area contributed by atoms with Crippen LogP contribution in [0.5, 0.6) is 0 Å². The molecule has 0 saturated heterocycles. The van der Waals surface area contributed by atoms with E-state index in [1.807, 2.05) is 39.3 Å². The molecule has 1 aliphatic rings. The summed E-state index contributed by atoms with van der Waals surface area (Å²) in [5.41, 5.74) is 1.84. The molecule has 6 nitrogen and oxygen atoms in total. The highest BCUT2D eigenvalue weighted by Crippen LogP contribution is 2.31. The third kappa shape index (κ3) is 8.90. The van der Waals surface area contributed by atoms with Gasteiger partial charge in [0.15, 0.2) is 5.78 Å². The molecule has 1 aliphatic carbocycles. The summed E-state index contributed by atoms with van der Waals surface area (Å²) in [6.45, 7) is 17.4. The van der Waals surface area contributed by atoms with Gasteiger partial charge in [-0.1, -0.05) is 79.9 Å². The lowest BCUT2D eigenvalue weighted by atomic mass is 9.78. The van der Waals surface area contributed by atoms with Crippen LogP contribution in [0.2, 0.25) is 0 Å². The van der Waals surface area contributed by atoms with Gasteiger partial charge in [0, 0.05) is 23.8 Å². The summed E-state index contributed by atoms with van der Waals surface area (Å²) < 4.78 is 8.14. The van der Waals surface area contributed by atoms with Crippen LogP contribution < -0.4 is 0 Å². The van der Waals surface area contributed by atoms with Crippen molar-refractivity contribution in [3.8, 4) is 0 Å². The van der Waals surface area contributed by atoms with Crippen molar-refractivity contribution in [2.75, 3.05) is 6.61 Å². The maximum atomic E-state index is 12.7. The Morgan fingerprint density at radius 2 is 1.76 bits per heavy atom. The molecule has 34 heavy (non-hydrogen) atoms. The Kier molecular flexibility index (Phi) is 10.5. The minimum Gasteiger partial charge on any atom is -0.364 e. The molecular formula is C28H49N3O3. The molecular weight excluding hydrogens is 426 g/mol. The van der Waals surface area contributed by atoms with Crippen LogP contribution in [0.15, 0.2) is 0 Å². The topological polar surface area (TPSA) is 74.1 Å². The van der Waals surface area contributed by atoms with Crippen LogP contribution in [0.25, 0.3) is 0 Å². The van der Waals surface area contributed by atoms with E-state index in [0.717, 1.165) is 75.7 Å². The van der Waals surface area contributed by atoms with E-state index in [1.54, 1.807) is 0 Å². The lowest BCUT2D eigenvalue weighted by molar-refractivity contribution is -0.133. The number of aryl methyl sites for hydroxylation is 1. The molecule has 0 spiro atoms. The Morgan fingerprint density at radius 1 is 1.06 bits per heavy atom. The van der Waals surface area contributed by atoms with Crippen LogP contribution in [0.3, 0.4) is 0 Å². The largest absolute Gasteiger partial charge is 0.364 e. The first-order valence-corrected chi connectivity index (χ1v) is 13.4. The van der Waals surface area contributed by atoms with Crippen LogP contribution >= 0.6 is 0 Å². The van der Waals surface area contributed by atoms with E-state index in [0.29, 0.717) is 5.78 Å². The van der Waals surface area contributed by atoms with Gasteiger partial charge in [-0.3, -0.25) is 9.59 Å². The number of aromatic nitrogens is 3. The minimum atomic E-state index is -0.399. The van der Waals surface area contributed by atoms with Crippen molar-refractivity contribution in [3.05, 3.63) is 11.4 Å². The molecule has 6 heteroatoms. The van der Waals surface area contributed by atoms with Gasteiger partial charge in [0.25, 0.3) is 0 Å². The standard InChI is InChI=1S/C28H49N3O3/c1-20(2)26(33)21(18-27(3,4)5)14-12-13-17-31-22-15-10-9-11-16-23(25(22)29-30-31)34-19-24(32)28(6,7)8/h20-21,23H,9-19H2,1-8H3/t21-,23?/m0/s1. The predicted molar refractivity (Wildman–Crippen MR) is 137 cm³/mol. The van der Waals surface area contributed by atoms with Crippen LogP contribution in [0.4, 0.5) is 0 Å². The molecule has 0 saturated carbocycles. The van der Waals surface area contributed by atoms with Gasteiger partial charge in [-0.25, -0.2) is 4.68 Å². The summed E-state index contributed by atoms with van der Waals surface area (Å²) >= 11 is 0. The summed E-state index contributed by atoms with van der Waals surface area (Å²) in [6, 6.07) is 0. The number of rotatable bonds is 11. The lowest BCUT2D eigenvalue weighted by Gasteiger charge is -2.26. The maximum Gasteiger partial charge on any atom is 0.163 e. The average molecular weight is 476 g/mol. The van der Waals surface area contributed by atoms with Gasteiger partial charge < -0.3 is 4.74 Å². The smallest absolute Gasteiger partial charge is 0.163 e. The number of fused-ring (bicyclic) bond motifs is 1. The molecule has 0 aromatic carbocycles. The fourth-order valence-electron chi connectivity index (χ4n) is 4.73. The van der Waals surface area contributed by atoms with Gasteiger partial charge >= 0.3 is 0 Å². The van der Waals surface area contributed by atoms with Gasteiger partial charge in [0.1, 0.15) is 24.2 Å². The first-order chi connectivity index (χ1) is 15.8. The van der Waals surface area contributed by atoms with Crippen LogP contribution in [-0.2, 0) is 27.3 Å². The van der Waals surface area contributed by atoms with E-state index in [2.05, 4.69) is 31.1 Å². The van der Waals surface area contributed by atoms with E-state index in [-0.39, 0.29) is 35.7 Å². The van der Waals surface area contributed by atoms with Gasteiger partial charge in [0.2, 0.25) is 0 Å². The third-order valence-electron chi connectivity index (χ3n) is 6.81. The molecule has 2 rings (SSSR count). The molecule has 194 valence electrons. The first-order valence-electron chi connectivity index (χ1n) is 13.4. The van der Waals surface area contributed by atoms with Crippen molar-refractivity contribution >= 4 is 11.6 Å². The summed E-state index contributed by atoms with van der Waals surface area (Å²) in [6.07, 6.45) is 8.91. The van der Waals surface area contributed by atoms with Crippen molar-refractivity contribution in [1.29, 1.82) is 0 Å². The molecule has 1 aromatic heterocycles. The van der Waals surface area contributed by atoms with Gasteiger partial charge in [-0.05, 0) is 43.9 Å². The van der Waals surface area contributed by atoms with Crippen LogP contribution in [0.1, 0.15) is 124 Å². The fraction of sp³-hybridized carbons (Fsp3) is 0.857. The Bertz CT molecular complexity index is 799. The second kappa shape index (κ2) is 12.4. The van der Waals surface area contributed by atoms with Gasteiger partial charge in [0.05, 0.1) is 5.69 Å². The predicted octanol–water partition coefficient (Wildman–Crippen LogP) is 6.52. The average Bonchev–Trinajstić information content (AvgIpc) is 3.09. The van der Waals surface area contributed by atoms with E-state index >= 15 is 0 Å². The number of hydrogen-bond donors (Lipinski definition) is 0. The number of ketones is 2. The summed E-state index contributed by atoms with van der Waals surface area (Å²) in [5, 5.41) is 9.00. The molecule has 0 bridgehead atoms. The fourth-order valence-corrected chi connectivity index (χ4v) is 4.73. The molecule has 1 unspecified atom stereocenters. The second-order valence-electron chi connectivity index (χ2n) is 12.7. The summed E-state index contributed by atoms with van der Waals surface area (Å²) in [7, 11) is 0. The monoisotopic (exact) mass is 475 g/mol. The normalized spacial score (nSPS) is 18.3. The summed E-state index contributed by atoms with van der Waals surface area (Å²) in [5.74, 6) is 0.730. The number of unbranched alkanes of at least 4 members (excludes halogenated alkanes) is 1. The Labute approximate surface area is 207 Å². The molecule has 0 fully saturated rings. The zero-order chi connectivity index (χ0) is 25.5.